The third-order valence-corrected chi connectivity index (χ3v) is 2.42. The lowest BCUT2D eigenvalue weighted by Gasteiger charge is -2.12. The Hall–Kier alpha value is -2.38. The number of halogens is 2. The maximum atomic E-state index is 13.4. The fourth-order valence-electron chi connectivity index (χ4n) is 1.34. The lowest BCUT2D eigenvalue weighted by molar-refractivity contribution is 0.0949. The van der Waals surface area contributed by atoms with Gasteiger partial charge in [-0.25, -0.2) is 13.6 Å². The first-order valence-electron chi connectivity index (χ1n) is 5.80. The number of nitrogen functional groups attached to an aromatic ring is 1. The van der Waals surface area contributed by atoms with Gasteiger partial charge in [-0.05, 0) is 6.07 Å². The highest BCUT2D eigenvalue weighted by Gasteiger charge is 2.14. The predicted molar refractivity (Wildman–Crippen MR) is 70.2 cm³/mol. The van der Waals surface area contributed by atoms with Gasteiger partial charge in [-0.1, -0.05) is 0 Å². The number of nitrogens with one attached hydrogen (secondary N) is 2. The molecule has 0 aliphatic rings. The van der Waals surface area contributed by atoms with Crippen molar-refractivity contribution in [2.24, 2.45) is 0 Å². The normalized spacial score (nSPS) is 10.0. The molecule has 0 saturated carbocycles. The Morgan fingerprint density at radius 3 is 2.35 bits per heavy atom. The zero-order chi connectivity index (χ0) is 15.3. The molecular weight excluding hydrogens is 270 g/mol. The van der Waals surface area contributed by atoms with Gasteiger partial charge in [-0.2, -0.15) is 0 Å². The van der Waals surface area contributed by atoms with Crippen LogP contribution in [0.2, 0.25) is 0 Å². The molecule has 1 aromatic rings. The van der Waals surface area contributed by atoms with Crippen molar-refractivity contribution in [2.75, 3.05) is 32.9 Å². The summed E-state index contributed by atoms with van der Waals surface area (Å²) in [4.78, 5) is 24.2. The van der Waals surface area contributed by atoms with Crippen molar-refractivity contribution in [1.82, 2.24) is 15.5 Å². The number of nitrogens with zero attached hydrogens (tertiary/aromatic N) is 1. The van der Waals surface area contributed by atoms with E-state index in [9.17, 15) is 18.4 Å². The maximum absolute atomic E-state index is 13.4. The number of amides is 3. The molecule has 0 heterocycles. The average molecular weight is 286 g/mol. The molecule has 110 valence electrons. The molecule has 4 N–H and O–H groups in total. The largest absolute Gasteiger partial charge is 0.396 e. The summed E-state index contributed by atoms with van der Waals surface area (Å²) in [6.07, 6.45) is 0. The van der Waals surface area contributed by atoms with Crippen LogP contribution in [0.1, 0.15) is 10.4 Å². The van der Waals surface area contributed by atoms with E-state index in [1.165, 1.54) is 4.90 Å². The number of rotatable bonds is 4. The smallest absolute Gasteiger partial charge is 0.316 e. The number of anilines is 1. The van der Waals surface area contributed by atoms with E-state index in [4.69, 9.17) is 5.73 Å². The van der Waals surface area contributed by atoms with Crippen molar-refractivity contribution in [3.8, 4) is 0 Å². The first-order valence-corrected chi connectivity index (χ1v) is 5.80. The molecule has 20 heavy (non-hydrogen) atoms. The molecule has 6 nitrogen and oxygen atoms in total. The number of hydrogen-bond donors (Lipinski definition) is 3. The van der Waals surface area contributed by atoms with E-state index < -0.39 is 17.5 Å². The van der Waals surface area contributed by atoms with E-state index in [1.54, 1.807) is 14.1 Å². The highest BCUT2D eigenvalue weighted by atomic mass is 19.1. The summed E-state index contributed by atoms with van der Waals surface area (Å²) in [6.45, 7) is 0.288. The summed E-state index contributed by atoms with van der Waals surface area (Å²) in [5.41, 5.74) is 4.62. The van der Waals surface area contributed by atoms with Gasteiger partial charge in [0, 0.05) is 33.3 Å². The predicted octanol–water partition coefficient (Wildman–Crippen LogP) is 0.548. The van der Waals surface area contributed by atoms with Crippen LogP contribution in [-0.2, 0) is 0 Å². The quantitative estimate of drug-likeness (QED) is 0.558. The topological polar surface area (TPSA) is 87.5 Å². The van der Waals surface area contributed by atoms with Gasteiger partial charge in [-0.3, -0.25) is 4.79 Å². The second-order valence-electron chi connectivity index (χ2n) is 4.24. The molecule has 0 saturated heterocycles. The Labute approximate surface area is 114 Å². The van der Waals surface area contributed by atoms with E-state index in [0.717, 1.165) is 6.07 Å². The first-order chi connectivity index (χ1) is 9.32. The van der Waals surface area contributed by atoms with Gasteiger partial charge in [0.25, 0.3) is 5.91 Å². The summed E-state index contributed by atoms with van der Waals surface area (Å²) in [6, 6.07) is 1.17. The highest BCUT2D eigenvalue weighted by Crippen LogP contribution is 2.16. The summed E-state index contributed by atoms with van der Waals surface area (Å²) in [5.74, 6) is -2.64. The van der Waals surface area contributed by atoms with Gasteiger partial charge in [0.05, 0.1) is 11.3 Å². The van der Waals surface area contributed by atoms with Crippen LogP contribution in [0.25, 0.3) is 0 Å². The molecule has 3 amide bonds. The average Bonchev–Trinajstić information content (AvgIpc) is 2.38. The Bertz CT molecular complexity index is 520. The van der Waals surface area contributed by atoms with Crippen LogP contribution in [0, 0.1) is 11.6 Å². The highest BCUT2D eigenvalue weighted by molar-refractivity contribution is 5.95. The molecule has 0 bridgehead atoms. The van der Waals surface area contributed by atoms with Crippen LogP contribution < -0.4 is 16.4 Å². The van der Waals surface area contributed by atoms with Crippen molar-refractivity contribution in [3.63, 3.8) is 0 Å². The fourth-order valence-corrected chi connectivity index (χ4v) is 1.34. The second-order valence-corrected chi connectivity index (χ2v) is 4.24. The van der Waals surface area contributed by atoms with Crippen LogP contribution in [0.15, 0.2) is 12.1 Å². The van der Waals surface area contributed by atoms with Crippen molar-refractivity contribution in [1.29, 1.82) is 0 Å². The zero-order valence-corrected chi connectivity index (χ0v) is 11.2. The Morgan fingerprint density at radius 2 is 1.75 bits per heavy atom. The Balaban J connectivity index is 2.52. The molecule has 1 aromatic carbocycles. The number of hydrogen-bond acceptors (Lipinski definition) is 3. The van der Waals surface area contributed by atoms with Gasteiger partial charge in [-0.15, -0.1) is 0 Å². The molecule has 0 radical (unpaired) electrons. The van der Waals surface area contributed by atoms with Gasteiger partial charge < -0.3 is 21.3 Å². The summed E-state index contributed by atoms with van der Waals surface area (Å²) in [5, 5.41) is 4.91. The SMILES string of the molecule is CN(C)C(=O)NCCNC(=O)c1cc(N)c(F)cc1F. The molecule has 0 aliphatic carbocycles. The molecule has 8 heteroatoms. The summed E-state index contributed by atoms with van der Waals surface area (Å²) in [7, 11) is 3.15. The van der Waals surface area contributed by atoms with Crippen LogP contribution in [0.5, 0.6) is 0 Å². The van der Waals surface area contributed by atoms with Crippen LogP contribution >= 0.6 is 0 Å². The van der Waals surface area contributed by atoms with Gasteiger partial charge in [0.2, 0.25) is 0 Å². The van der Waals surface area contributed by atoms with Crippen molar-refractivity contribution in [2.45, 2.75) is 0 Å². The molecule has 0 unspecified atom stereocenters. The fraction of sp³-hybridized carbons (Fsp3) is 0.333. The molecule has 0 aromatic heterocycles. The monoisotopic (exact) mass is 286 g/mol. The summed E-state index contributed by atoms with van der Waals surface area (Å²) >= 11 is 0. The first kappa shape index (κ1) is 15.7. The van der Waals surface area contributed by atoms with Crippen LogP contribution in [-0.4, -0.2) is 44.0 Å². The Kier molecular flexibility index (Phi) is 5.24. The number of carbonyl (C=O) groups is 2. The molecule has 0 atom stereocenters. The van der Waals surface area contributed by atoms with E-state index in [2.05, 4.69) is 10.6 Å². The van der Waals surface area contributed by atoms with E-state index in [-0.39, 0.29) is 30.4 Å². The van der Waals surface area contributed by atoms with E-state index in [0.29, 0.717) is 6.07 Å². The lowest BCUT2D eigenvalue weighted by atomic mass is 10.1. The number of nitrogens with two attached hydrogens (primary N) is 1. The van der Waals surface area contributed by atoms with Crippen LogP contribution in [0.4, 0.5) is 19.3 Å². The number of urea groups is 1. The minimum Gasteiger partial charge on any atom is -0.396 e. The molecule has 0 fully saturated rings. The number of carbonyl (C=O) groups excluding carboxylic acids is 2. The molecular formula is C12H16F2N4O2. The van der Waals surface area contributed by atoms with E-state index >= 15 is 0 Å². The number of benzene rings is 1. The van der Waals surface area contributed by atoms with Crippen LogP contribution in [0.3, 0.4) is 0 Å². The lowest BCUT2D eigenvalue weighted by Crippen LogP contribution is -2.39. The molecule has 0 spiro atoms. The Morgan fingerprint density at radius 1 is 1.15 bits per heavy atom. The van der Waals surface area contributed by atoms with Gasteiger partial charge in [0.15, 0.2) is 0 Å². The zero-order valence-electron chi connectivity index (χ0n) is 11.2. The third-order valence-electron chi connectivity index (χ3n) is 2.42. The van der Waals surface area contributed by atoms with E-state index in [1.807, 2.05) is 0 Å². The second kappa shape index (κ2) is 6.69. The standard InChI is InChI=1S/C12H16F2N4O2/c1-18(2)12(20)17-4-3-16-11(19)7-5-10(15)9(14)6-8(7)13/h5-6H,3-4,15H2,1-2H3,(H,16,19)(H,17,20). The minimum atomic E-state index is -0.994. The maximum Gasteiger partial charge on any atom is 0.316 e. The molecule has 1 rings (SSSR count). The van der Waals surface area contributed by atoms with Gasteiger partial charge >= 0.3 is 6.03 Å². The third kappa shape index (κ3) is 4.08. The minimum absolute atomic E-state index is 0.106. The summed E-state index contributed by atoms with van der Waals surface area (Å²) < 4.78 is 26.3. The molecule has 0 aliphatic heterocycles. The van der Waals surface area contributed by atoms with Gasteiger partial charge in [0.1, 0.15) is 11.6 Å². The van der Waals surface area contributed by atoms with Crippen molar-refractivity contribution in [3.05, 3.63) is 29.3 Å². The van der Waals surface area contributed by atoms with Crippen molar-refractivity contribution < 1.29 is 18.4 Å². The van der Waals surface area contributed by atoms with Crippen molar-refractivity contribution >= 4 is 17.6 Å².